The Bertz CT molecular complexity index is 1170. The second kappa shape index (κ2) is 9.00. The molecule has 0 N–H and O–H groups in total. The predicted octanol–water partition coefficient (Wildman–Crippen LogP) is 2.63. The van der Waals surface area contributed by atoms with Gasteiger partial charge in [-0.15, -0.1) is 0 Å². The van der Waals surface area contributed by atoms with E-state index in [2.05, 4.69) is 15.1 Å². The van der Waals surface area contributed by atoms with Gasteiger partial charge < -0.3 is 9.80 Å². The number of amides is 1. The summed E-state index contributed by atoms with van der Waals surface area (Å²) in [6.07, 6.45) is -0.394. The average molecular weight is 458 g/mol. The van der Waals surface area contributed by atoms with Gasteiger partial charge >= 0.3 is 6.18 Å². The van der Waals surface area contributed by atoms with Gasteiger partial charge in [-0.1, -0.05) is 0 Å². The molecular formula is C22H21F3N6O2. The summed E-state index contributed by atoms with van der Waals surface area (Å²) in [5.74, 6) is 0.169. The predicted molar refractivity (Wildman–Crippen MR) is 114 cm³/mol. The lowest BCUT2D eigenvalue weighted by atomic mass is 10.2. The first-order chi connectivity index (χ1) is 15.7. The van der Waals surface area contributed by atoms with Crippen molar-refractivity contribution < 1.29 is 18.0 Å². The number of rotatable bonds is 4. The Morgan fingerprint density at radius 1 is 1.00 bits per heavy atom. The minimum Gasteiger partial charge on any atom is -0.353 e. The van der Waals surface area contributed by atoms with Crippen molar-refractivity contribution in [3.8, 4) is 11.3 Å². The van der Waals surface area contributed by atoms with Crippen molar-refractivity contribution in [2.75, 3.05) is 31.1 Å². The van der Waals surface area contributed by atoms with Crippen LogP contribution in [-0.4, -0.2) is 56.7 Å². The van der Waals surface area contributed by atoms with Gasteiger partial charge in [-0.2, -0.15) is 18.3 Å². The largest absolute Gasteiger partial charge is 0.417 e. The lowest BCUT2D eigenvalue weighted by Crippen LogP contribution is -2.51. The van der Waals surface area contributed by atoms with Crippen molar-refractivity contribution in [3.63, 3.8) is 0 Å². The monoisotopic (exact) mass is 458 g/mol. The maximum Gasteiger partial charge on any atom is 0.417 e. The molecule has 1 fully saturated rings. The summed E-state index contributed by atoms with van der Waals surface area (Å²) in [6.45, 7) is 3.15. The molecule has 172 valence electrons. The molecule has 8 nitrogen and oxygen atoms in total. The minimum atomic E-state index is -4.44. The molecule has 0 radical (unpaired) electrons. The van der Waals surface area contributed by atoms with Crippen LogP contribution in [0.3, 0.4) is 0 Å². The van der Waals surface area contributed by atoms with Crippen LogP contribution in [-0.2, 0) is 11.0 Å². The number of hydrogen-bond donors (Lipinski definition) is 0. The van der Waals surface area contributed by atoms with Crippen LogP contribution in [0.15, 0.2) is 59.8 Å². The second-order valence-electron chi connectivity index (χ2n) is 7.63. The van der Waals surface area contributed by atoms with E-state index in [1.807, 2.05) is 4.90 Å². The highest BCUT2D eigenvalue weighted by Gasteiger charge is 2.31. The Kier molecular flexibility index (Phi) is 6.12. The molecular weight excluding hydrogens is 437 g/mol. The number of halogens is 3. The number of pyridine rings is 2. The molecule has 33 heavy (non-hydrogen) atoms. The molecule has 1 aliphatic heterocycles. The van der Waals surface area contributed by atoms with E-state index >= 15 is 0 Å². The average Bonchev–Trinajstić information content (AvgIpc) is 2.84. The van der Waals surface area contributed by atoms with Gasteiger partial charge in [-0.05, 0) is 37.3 Å². The van der Waals surface area contributed by atoms with Crippen LogP contribution in [0.5, 0.6) is 0 Å². The number of piperazine rings is 1. The van der Waals surface area contributed by atoms with Gasteiger partial charge in [0.1, 0.15) is 11.9 Å². The molecule has 0 aromatic carbocycles. The quantitative estimate of drug-likeness (QED) is 0.598. The highest BCUT2D eigenvalue weighted by molar-refractivity contribution is 5.80. The normalized spacial score (nSPS) is 15.4. The van der Waals surface area contributed by atoms with Crippen LogP contribution >= 0.6 is 0 Å². The number of alkyl halides is 3. The van der Waals surface area contributed by atoms with Crippen molar-refractivity contribution in [3.05, 3.63) is 70.9 Å². The fourth-order valence-electron chi connectivity index (χ4n) is 3.64. The molecule has 1 saturated heterocycles. The Labute approximate surface area is 187 Å². The smallest absolute Gasteiger partial charge is 0.353 e. The number of carbonyl (C=O) groups excluding carboxylic acids is 1. The van der Waals surface area contributed by atoms with Gasteiger partial charge in [0.25, 0.3) is 5.56 Å². The van der Waals surface area contributed by atoms with Crippen molar-refractivity contribution >= 4 is 11.7 Å². The highest BCUT2D eigenvalue weighted by atomic mass is 19.4. The van der Waals surface area contributed by atoms with E-state index in [1.54, 1.807) is 42.4 Å². The van der Waals surface area contributed by atoms with Crippen LogP contribution in [0.1, 0.15) is 18.5 Å². The molecule has 4 rings (SSSR count). The summed E-state index contributed by atoms with van der Waals surface area (Å²) in [7, 11) is 0. The molecule has 1 aliphatic rings. The van der Waals surface area contributed by atoms with Gasteiger partial charge in [0.15, 0.2) is 0 Å². The van der Waals surface area contributed by atoms with Gasteiger partial charge in [0, 0.05) is 56.4 Å². The molecule has 0 bridgehead atoms. The van der Waals surface area contributed by atoms with E-state index in [4.69, 9.17) is 0 Å². The van der Waals surface area contributed by atoms with E-state index in [-0.39, 0.29) is 11.5 Å². The summed E-state index contributed by atoms with van der Waals surface area (Å²) in [6, 6.07) is 8.01. The maximum absolute atomic E-state index is 13.1. The lowest BCUT2D eigenvalue weighted by Gasteiger charge is -2.36. The SMILES string of the molecule is CC(C(=O)N1CCN(c2ccc(C(F)(F)F)cn2)CC1)n1nc(-c2ccncc2)ccc1=O. The number of hydrogen-bond acceptors (Lipinski definition) is 6. The number of anilines is 1. The third-order valence-electron chi connectivity index (χ3n) is 5.52. The summed E-state index contributed by atoms with van der Waals surface area (Å²) in [5, 5.41) is 4.37. The number of carbonyl (C=O) groups is 1. The fraction of sp³-hybridized carbons (Fsp3) is 0.318. The van der Waals surface area contributed by atoms with Crippen molar-refractivity contribution in [2.24, 2.45) is 0 Å². The minimum absolute atomic E-state index is 0.253. The fourth-order valence-corrected chi connectivity index (χ4v) is 3.64. The second-order valence-corrected chi connectivity index (χ2v) is 7.63. The molecule has 1 atom stereocenters. The standard InChI is InChI=1S/C22H21F3N6O2/c1-15(31-20(32)5-3-18(28-31)16-6-8-26-9-7-16)21(33)30-12-10-29(11-13-30)19-4-2-17(14-27-19)22(23,24)25/h2-9,14-15H,10-13H2,1H3. The Balaban J connectivity index is 1.43. The Hall–Kier alpha value is -3.76. The zero-order valence-electron chi connectivity index (χ0n) is 17.7. The summed E-state index contributed by atoms with van der Waals surface area (Å²) in [4.78, 5) is 36.8. The topological polar surface area (TPSA) is 84.2 Å². The van der Waals surface area contributed by atoms with Crippen LogP contribution in [0, 0.1) is 0 Å². The number of nitrogens with zero attached hydrogens (tertiary/aromatic N) is 6. The van der Waals surface area contributed by atoms with E-state index in [1.165, 1.54) is 16.8 Å². The summed E-state index contributed by atoms with van der Waals surface area (Å²) < 4.78 is 39.4. The zero-order chi connectivity index (χ0) is 23.6. The Morgan fingerprint density at radius 2 is 1.70 bits per heavy atom. The molecule has 0 aliphatic carbocycles. The van der Waals surface area contributed by atoms with E-state index in [9.17, 15) is 22.8 Å². The van der Waals surface area contributed by atoms with Crippen molar-refractivity contribution in [1.82, 2.24) is 24.6 Å². The third kappa shape index (κ3) is 4.86. The third-order valence-corrected chi connectivity index (χ3v) is 5.52. The maximum atomic E-state index is 13.1. The molecule has 4 heterocycles. The molecule has 0 saturated carbocycles. The molecule has 11 heteroatoms. The van der Waals surface area contributed by atoms with Gasteiger partial charge in [0.05, 0.1) is 11.3 Å². The molecule has 0 spiro atoms. The van der Waals surface area contributed by atoms with Crippen LogP contribution in [0.2, 0.25) is 0 Å². The Morgan fingerprint density at radius 3 is 2.30 bits per heavy atom. The highest BCUT2D eigenvalue weighted by Crippen LogP contribution is 2.29. The first kappa shape index (κ1) is 22.4. The number of aromatic nitrogens is 4. The first-order valence-electron chi connectivity index (χ1n) is 10.3. The van der Waals surface area contributed by atoms with Gasteiger partial charge in [0.2, 0.25) is 5.91 Å². The van der Waals surface area contributed by atoms with Crippen LogP contribution in [0.25, 0.3) is 11.3 Å². The van der Waals surface area contributed by atoms with Crippen molar-refractivity contribution in [1.29, 1.82) is 0 Å². The molecule has 1 unspecified atom stereocenters. The van der Waals surface area contributed by atoms with E-state index in [0.29, 0.717) is 37.7 Å². The van der Waals surface area contributed by atoms with Crippen LogP contribution < -0.4 is 10.5 Å². The molecule has 1 amide bonds. The molecule has 3 aromatic heterocycles. The van der Waals surface area contributed by atoms with Crippen LogP contribution in [0.4, 0.5) is 19.0 Å². The van der Waals surface area contributed by atoms with E-state index in [0.717, 1.165) is 17.8 Å². The van der Waals surface area contributed by atoms with E-state index < -0.39 is 17.8 Å². The zero-order valence-corrected chi connectivity index (χ0v) is 17.7. The van der Waals surface area contributed by atoms with Gasteiger partial charge in [-0.25, -0.2) is 9.67 Å². The summed E-state index contributed by atoms with van der Waals surface area (Å²) >= 11 is 0. The van der Waals surface area contributed by atoms with Crippen molar-refractivity contribution in [2.45, 2.75) is 19.1 Å². The molecule has 3 aromatic rings. The lowest BCUT2D eigenvalue weighted by molar-refractivity contribution is -0.138. The van der Waals surface area contributed by atoms with Gasteiger partial charge in [-0.3, -0.25) is 14.6 Å². The first-order valence-corrected chi connectivity index (χ1v) is 10.3. The summed E-state index contributed by atoms with van der Waals surface area (Å²) in [5.41, 5.74) is 0.132.